The molecule has 1 aromatic rings. The number of rotatable bonds is 4. The molecular weight excluding hydrogens is 243 g/mol. The molecule has 1 amide bonds. The van der Waals surface area contributed by atoms with E-state index in [4.69, 9.17) is 0 Å². The Hall–Kier alpha value is -1.42. The highest BCUT2D eigenvalue weighted by Gasteiger charge is 2.26. The monoisotopic (exact) mass is 264 g/mol. The van der Waals surface area contributed by atoms with E-state index in [1.807, 2.05) is 0 Å². The highest BCUT2D eigenvalue weighted by molar-refractivity contribution is 5.78. The Morgan fingerprint density at radius 2 is 2.05 bits per heavy atom. The molecule has 2 rings (SSSR count). The van der Waals surface area contributed by atoms with Crippen LogP contribution in [-0.2, 0) is 11.2 Å². The van der Waals surface area contributed by atoms with Crippen LogP contribution in [0.2, 0.25) is 0 Å². The predicted molar refractivity (Wildman–Crippen MR) is 73.3 cm³/mol. The summed E-state index contributed by atoms with van der Waals surface area (Å²) < 4.78 is 13.4. The lowest BCUT2D eigenvalue weighted by Gasteiger charge is -2.34. The van der Waals surface area contributed by atoms with Gasteiger partial charge in [-0.25, -0.2) is 4.39 Å². The summed E-state index contributed by atoms with van der Waals surface area (Å²) in [7, 11) is 0. The molecule has 4 heteroatoms. The molecule has 1 aliphatic heterocycles. The molecule has 2 N–H and O–H groups in total. The van der Waals surface area contributed by atoms with Crippen molar-refractivity contribution in [1.82, 2.24) is 10.6 Å². The zero-order valence-corrected chi connectivity index (χ0v) is 11.3. The van der Waals surface area contributed by atoms with Crippen LogP contribution in [0.1, 0.15) is 25.3 Å². The maximum atomic E-state index is 13.4. The van der Waals surface area contributed by atoms with Crippen molar-refractivity contribution >= 4 is 5.91 Å². The Bertz CT molecular complexity index is 442. The number of benzene rings is 1. The largest absolute Gasteiger partial charge is 0.355 e. The summed E-state index contributed by atoms with van der Waals surface area (Å²) in [5, 5.41) is 6.25. The minimum Gasteiger partial charge on any atom is -0.355 e. The molecule has 0 bridgehead atoms. The topological polar surface area (TPSA) is 41.1 Å². The average Bonchev–Trinajstić information content (AvgIpc) is 2.40. The van der Waals surface area contributed by atoms with Crippen molar-refractivity contribution < 1.29 is 9.18 Å². The molecule has 1 fully saturated rings. The smallest absolute Gasteiger partial charge is 0.224 e. The van der Waals surface area contributed by atoms with E-state index in [0.29, 0.717) is 12.1 Å². The summed E-state index contributed by atoms with van der Waals surface area (Å²) in [6.45, 7) is 4.86. The fourth-order valence-corrected chi connectivity index (χ4v) is 2.40. The van der Waals surface area contributed by atoms with Crippen LogP contribution in [0.3, 0.4) is 0 Å². The summed E-state index contributed by atoms with van der Waals surface area (Å²) in [6, 6.07) is 6.42. The van der Waals surface area contributed by atoms with E-state index in [9.17, 15) is 9.18 Å². The van der Waals surface area contributed by atoms with Gasteiger partial charge in [0.2, 0.25) is 5.91 Å². The molecule has 1 saturated heterocycles. The maximum absolute atomic E-state index is 13.4. The normalized spacial score (nSPS) is 18.0. The van der Waals surface area contributed by atoms with Gasteiger partial charge < -0.3 is 10.6 Å². The Morgan fingerprint density at radius 3 is 2.74 bits per heavy atom. The van der Waals surface area contributed by atoms with Crippen molar-refractivity contribution in [2.24, 2.45) is 5.41 Å². The zero-order valence-electron chi connectivity index (χ0n) is 11.3. The Morgan fingerprint density at radius 1 is 1.37 bits per heavy atom. The van der Waals surface area contributed by atoms with Gasteiger partial charge in [-0.05, 0) is 43.0 Å². The quantitative estimate of drug-likeness (QED) is 0.871. The van der Waals surface area contributed by atoms with Crippen molar-refractivity contribution in [3.63, 3.8) is 0 Å². The molecular formula is C15H21FN2O. The number of hydrogen-bond acceptors (Lipinski definition) is 2. The van der Waals surface area contributed by atoms with E-state index in [0.717, 1.165) is 25.9 Å². The summed E-state index contributed by atoms with van der Waals surface area (Å²) in [5.74, 6) is -0.421. The third-order valence-corrected chi connectivity index (χ3v) is 3.83. The number of nitrogens with one attached hydrogen (secondary N) is 2. The van der Waals surface area contributed by atoms with Crippen LogP contribution in [-0.4, -0.2) is 25.5 Å². The predicted octanol–water partition coefficient (Wildman–Crippen LogP) is 1.87. The number of carbonyl (C=O) groups is 1. The second-order valence-corrected chi connectivity index (χ2v) is 5.61. The first-order valence-electron chi connectivity index (χ1n) is 6.80. The van der Waals surface area contributed by atoms with Crippen molar-refractivity contribution in [2.75, 3.05) is 19.6 Å². The summed E-state index contributed by atoms with van der Waals surface area (Å²) >= 11 is 0. The van der Waals surface area contributed by atoms with Crippen LogP contribution in [0.5, 0.6) is 0 Å². The van der Waals surface area contributed by atoms with Crippen LogP contribution < -0.4 is 10.6 Å². The van der Waals surface area contributed by atoms with Crippen LogP contribution >= 0.6 is 0 Å². The van der Waals surface area contributed by atoms with Gasteiger partial charge in [0.05, 0.1) is 6.42 Å². The van der Waals surface area contributed by atoms with Crippen LogP contribution in [0.15, 0.2) is 24.3 Å². The fourth-order valence-electron chi connectivity index (χ4n) is 2.40. The molecule has 0 saturated carbocycles. The number of piperidine rings is 1. The second kappa shape index (κ2) is 6.15. The van der Waals surface area contributed by atoms with E-state index in [1.54, 1.807) is 18.2 Å². The number of amides is 1. The molecule has 19 heavy (non-hydrogen) atoms. The number of hydrogen-bond donors (Lipinski definition) is 2. The minimum absolute atomic E-state index is 0.107. The Balaban J connectivity index is 1.83. The minimum atomic E-state index is -0.314. The van der Waals surface area contributed by atoms with Gasteiger partial charge in [0.1, 0.15) is 5.82 Å². The third-order valence-electron chi connectivity index (χ3n) is 3.83. The first-order valence-corrected chi connectivity index (χ1v) is 6.80. The SMILES string of the molecule is CC1(CNC(=O)Cc2ccccc2F)CCNCC1. The number of carbonyl (C=O) groups excluding carboxylic acids is 1. The van der Waals surface area contributed by atoms with Gasteiger partial charge in [0, 0.05) is 6.54 Å². The lowest BCUT2D eigenvalue weighted by molar-refractivity contribution is -0.121. The van der Waals surface area contributed by atoms with E-state index in [2.05, 4.69) is 17.6 Å². The molecule has 0 spiro atoms. The summed E-state index contributed by atoms with van der Waals surface area (Å²) in [5.41, 5.74) is 0.617. The zero-order chi connectivity index (χ0) is 13.7. The van der Waals surface area contributed by atoms with Crippen molar-refractivity contribution in [1.29, 1.82) is 0 Å². The van der Waals surface area contributed by atoms with E-state index >= 15 is 0 Å². The van der Waals surface area contributed by atoms with Crippen LogP contribution in [0, 0.1) is 11.2 Å². The molecule has 1 heterocycles. The van der Waals surface area contributed by atoms with Crippen molar-refractivity contribution in [3.8, 4) is 0 Å². The molecule has 0 radical (unpaired) electrons. The van der Waals surface area contributed by atoms with Gasteiger partial charge in [-0.15, -0.1) is 0 Å². The van der Waals surface area contributed by atoms with Gasteiger partial charge in [-0.1, -0.05) is 25.1 Å². The standard InChI is InChI=1S/C15H21FN2O/c1-15(6-8-17-9-7-15)11-18-14(19)10-12-4-2-3-5-13(12)16/h2-5,17H,6-11H2,1H3,(H,18,19). The lowest BCUT2D eigenvalue weighted by atomic mass is 9.81. The van der Waals surface area contributed by atoms with Crippen molar-refractivity contribution in [3.05, 3.63) is 35.6 Å². The highest BCUT2D eigenvalue weighted by Crippen LogP contribution is 2.26. The molecule has 3 nitrogen and oxygen atoms in total. The molecule has 0 aromatic heterocycles. The Kier molecular flexibility index (Phi) is 4.53. The lowest BCUT2D eigenvalue weighted by Crippen LogP contribution is -2.43. The molecule has 0 aliphatic carbocycles. The molecule has 104 valence electrons. The third kappa shape index (κ3) is 4.03. The summed E-state index contributed by atoms with van der Waals surface area (Å²) in [6.07, 6.45) is 2.24. The maximum Gasteiger partial charge on any atom is 0.224 e. The van der Waals surface area contributed by atoms with Crippen LogP contribution in [0.25, 0.3) is 0 Å². The van der Waals surface area contributed by atoms with E-state index < -0.39 is 0 Å². The fraction of sp³-hybridized carbons (Fsp3) is 0.533. The molecule has 1 aromatic carbocycles. The Labute approximate surface area is 113 Å². The second-order valence-electron chi connectivity index (χ2n) is 5.61. The van der Waals surface area contributed by atoms with Gasteiger partial charge >= 0.3 is 0 Å². The first kappa shape index (κ1) is 14.0. The molecule has 0 unspecified atom stereocenters. The van der Waals surface area contributed by atoms with E-state index in [-0.39, 0.29) is 23.6 Å². The number of halogens is 1. The van der Waals surface area contributed by atoms with Gasteiger partial charge in [-0.2, -0.15) is 0 Å². The molecule has 1 aliphatic rings. The molecule has 0 atom stereocenters. The van der Waals surface area contributed by atoms with Gasteiger partial charge in [0.25, 0.3) is 0 Å². The first-order chi connectivity index (χ1) is 9.09. The van der Waals surface area contributed by atoms with Crippen molar-refractivity contribution in [2.45, 2.75) is 26.2 Å². The average molecular weight is 264 g/mol. The summed E-state index contributed by atoms with van der Waals surface area (Å²) in [4.78, 5) is 11.9. The van der Waals surface area contributed by atoms with E-state index in [1.165, 1.54) is 6.07 Å². The van der Waals surface area contributed by atoms with Gasteiger partial charge in [-0.3, -0.25) is 4.79 Å². The van der Waals surface area contributed by atoms with Crippen LogP contribution in [0.4, 0.5) is 4.39 Å². The van der Waals surface area contributed by atoms with Gasteiger partial charge in [0.15, 0.2) is 0 Å². The highest BCUT2D eigenvalue weighted by atomic mass is 19.1.